The topological polar surface area (TPSA) is 112 Å². The minimum absolute atomic E-state index is 0.144. The molecule has 2 aliphatic heterocycles. The molecule has 1 atom stereocenters. The van der Waals surface area contributed by atoms with Gasteiger partial charge in [-0.2, -0.15) is 0 Å². The third kappa shape index (κ3) is 5.66. The second-order valence-corrected chi connectivity index (χ2v) is 11.5. The highest BCUT2D eigenvalue weighted by molar-refractivity contribution is 6.00. The fourth-order valence-corrected chi connectivity index (χ4v) is 6.43. The van der Waals surface area contributed by atoms with Crippen LogP contribution in [0.5, 0.6) is 0 Å². The highest BCUT2D eigenvalue weighted by Gasteiger charge is 2.35. The third-order valence-corrected chi connectivity index (χ3v) is 8.70. The van der Waals surface area contributed by atoms with Gasteiger partial charge in [0.15, 0.2) is 0 Å². The van der Waals surface area contributed by atoms with Crippen LogP contribution < -0.4 is 11.0 Å². The number of benzene rings is 2. The Bertz CT molecular complexity index is 1500. The number of piperidine rings is 2. The number of imide groups is 1. The van der Waals surface area contributed by atoms with E-state index in [2.05, 4.69) is 11.4 Å². The van der Waals surface area contributed by atoms with Gasteiger partial charge in [-0.1, -0.05) is 42.5 Å². The van der Waals surface area contributed by atoms with Gasteiger partial charge >= 0.3 is 11.8 Å². The van der Waals surface area contributed by atoms with E-state index in [1.54, 1.807) is 16.5 Å². The standard InChI is InChI=1S/C31H36N4O6/c1-33-28-22(8-5-9-25(28)35(30(33)38)26-10-11-27(36)32-29(26)37)16-21-17-24(18-21)41-23-12-14-34(15-13-23)31(39)40-19-20-6-3-2-4-7-20/h2-9,21,23-24,26H,10-19H2,1H3,(H,32,36,37). The van der Waals surface area contributed by atoms with Crippen LogP contribution in [0.1, 0.15) is 55.7 Å². The molecule has 10 heteroatoms. The number of rotatable bonds is 7. The Morgan fingerprint density at radius 3 is 2.44 bits per heavy atom. The number of para-hydroxylation sites is 1. The van der Waals surface area contributed by atoms with Crippen molar-refractivity contribution < 1.29 is 23.9 Å². The lowest BCUT2D eigenvalue weighted by Gasteiger charge is -2.40. The summed E-state index contributed by atoms with van der Waals surface area (Å²) in [7, 11) is 1.74. The number of nitrogens with zero attached hydrogens (tertiary/aromatic N) is 3. The summed E-state index contributed by atoms with van der Waals surface area (Å²) in [6.45, 7) is 1.55. The quantitative estimate of drug-likeness (QED) is 0.443. The highest BCUT2D eigenvalue weighted by atomic mass is 16.6. The fraction of sp³-hybridized carbons (Fsp3) is 0.484. The molecule has 41 heavy (non-hydrogen) atoms. The van der Waals surface area contributed by atoms with E-state index in [4.69, 9.17) is 9.47 Å². The monoisotopic (exact) mass is 560 g/mol. The van der Waals surface area contributed by atoms with Crippen molar-refractivity contribution in [1.82, 2.24) is 19.4 Å². The number of hydrogen-bond donors (Lipinski definition) is 1. The average Bonchev–Trinajstić information content (AvgIpc) is 3.21. The Kier molecular flexibility index (Phi) is 7.66. The van der Waals surface area contributed by atoms with Crippen molar-refractivity contribution in [3.63, 3.8) is 0 Å². The summed E-state index contributed by atoms with van der Waals surface area (Å²) in [6.07, 6.45) is 4.97. The number of carbonyl (C=O) groups excluding carboxylic acids is 3. The number of likely N-dealkylation sites (tertiary alicyclic amines) is 1. The predicted molar refractivity (Wildman–Crippen MR) is 151 cm³/mol. The zero-order chi connectivity index (χ0) is 28.5. The number of imidazole rings is 1. The molecule has 1 aromatic heterocycles. The zero-order valence-electron chi connectivity index (χ0n) is 23.3. The molecule has 0 radical (unpaired) electrons. The minimum Gasteiger partial charge on any atom is -0.445 e. The molecule has 216 valence electrons. The lowest BCUT2D eigenvalue weighted by atomic mass is 9.78. The number of carbonyl (C=O) groups is 3. The van der Waals surface area contributed by atoms with Crippen molar-refractivity contribution in [3.05, 3.63) is 70.1 Å². The van der Waals surface area contributed by atoms with Crippen LogP contribution in [0, 0.1) is 5.92 Å². The van der Waals surface area contributed by atoms with E-state index < -0.39 is 11.9 Å². The van der Waals surface area contributed by atoms with Crippen LogP contribution in [0.25, 0.3) is 11.0 Å². The van der Waals surface area contributed by atoms with E-state index in [1.165, 1.54) is 4.57 Å². The van der Waals surface area contributed by atoms with Gasteiger partial charge in [-0.3, -0.25) is 24.0 Å². The third-order valence-electron chi connectivity index (χ3n) is 8.70. The van der Waals surface area contributed by atoms with Gasteiger partial charge in [0.1, 0.15) is 12.6 Å². The molecule has 3 heterocycles. The number of aromatic nitrogens is 2. The first kappa shape index (κ1) is 27.3. The number of fused-ring (bicyclic) bond motifs is 1. The summed E-state index contributed by atoms with van der Waals surface area (Å²) in [5.41, 5.74) is 3.39. The smallest absolute Gasteiger partial charge is 0.410 e. The molecule has 3 aliphatic rings. The van der Waals surface area contributed by atoms with E-state index in [0.717, 1.165) is 54.3 Å². The molecule has 2 aromatic carbocycles. The second kappa shape index (κ2) is 11.5. The van der Waals surface area contributed by atoms with Gasteiger partial charge in [-0.25, -0.2) is 9.59 Å². The normalized spacial score (nSPS) is 23.3. The zero-order valence-corrected chi connectivity index (χ0v) is 23.3. The van der Waals surface area contributed by atoms with Crippen LogP contribution in [-0.4, -0.2) is 57.2 Å². The van der Waals surface area contributed by atoms with Crippen molar-refractivity contribution in [2.45, 2.75) is 69.8 Å². The van der Waals surface area contributed by atoms with E-state index in [-0.39, 0.29) is 42.9 Å². The predicted octanol–water partition coefficient (Wildman–Crippen LogP) is 3.46. The molecule has 1 saturated carbocycles. The van der Waals surface area contributed by atoms with Crippen molar-refractivity contribution >= 4 is 28.9 Å². The molecule has 0 spiro atoms. The maximum Gasteiger partial charge on any atom is 0.410 e. The van der Waals surface area contributed by atoms with Crippen LogP contribution in [-0.2, 0) is 39.1 Å². The van der Waals surface area contributed by atoms with Crippen LogP contribution in [0.4, 0.5) is 4.79 Å². The van der Waals surface area contributed by atoms with E-state index in [0.29, 0.717) is 25.4 Å². The fourth-order valence-electron chi connectivity index (χ4n) is 6.43. The number of ether oxygens (including phenoxy) is 2. The molecule has 6 rings (SSSR count). The van der Waals surface area contributed by atoms with Crippen molar-refractivity contribution in [2.24, 2.45) is 13.0 Å². The Labute approximate surface area is 238 Å². The van der Waals surface area contributed by atoms with Crippen LogP contribution in [0.3, 0.4) is 0 Å². The molecule has 1 N–H and O–H groups in total. The number of amides is 3. The van der Waals surface area contributed by atoms with Crippen molar-refractivity contribution in [1.29, 1.82) is 0 Å². The Hall–Kier alpha value is -3.92. The summed E-state index contributed by atoms with van der Waals surface area (Å²) in [6, 6.07) is 14.9. The van der Waals surface area contributed by atoms with Gasteiger partial charge in [0, 0.05) is 26.6 Å². The lowest BCUT2D eigenvalue weighted by Crippen LogP contribution is -2.44. The minimum atomic E-state index is -0.683. The first-order valence-electron chi connectivity index (χ1n) is 14.5. The van der Waals surface area contributed by atoms with Gasteiger partial charge in [0.25, 0.3) is 0 Å². The van der Waals surface area contributed by atoms with Gasteiger partial charge in [0.2, 0.25) is 11.8 Å². The Morgan fingerprint density at radius 1 is 0.951 bits per heavy atom. The Balaban J connectivity index is 1.00. The van der Waals surface area contributed by atoms with Gasteiger partial charge in [0.05, 0.1) is 23.2 Å². The first-order valence-corrected chi connectivity index (χ1v) is 14.5. The van der Waals surface area contributed by atoms with Crippen molar-refractivity contribution in [2.75, 3.05) is 13.1 Å². The van der Waals surface area contributed by atoms with Gasteiger partial charge in [-0.15, -0.1) is 0 Å². The van der Waals surface area contributed by atoms with Crippen LogP contribution in [0.2, 0.25) is 0 Å². The highest BCUT2D eigenvalue weighted by Crippen LogP contribution is 2.36. The van der Waals surface area contributed by atoms with E-state index >= 15 is 0 Å². The summed E-state index contributed by atoms with van der Waals surface area (Å²) in [5, 5.41) is 2.37. The summed E-state index contributed by atoms with van der Waals surface area (Å²) < 4.78 is 15.0. The molecule has 3 amide bonds. The summed E-state index contributed by atoms with van der Waals surface area (Å²) >= 11 is 0. The molecular formula is C31H36N4O6. The van der Waals surface area contributed by atoms with Crippen LogP contribution in [0.15, 0.2) is 53.3 Å². The molecule has 3 aromatic rings. The summed E-state index contributed by atoms with van der Waals surface area (Å²) in [5.74, 6) is -0.267. The van der Waals surface area contributed by atoms with Gasteiger partial charge in [-0.05, 0) is 61.6 Å². The van der Waals surface area contributed by atoms with E-state index in [9.17, 15) is 19.2 Å². The molecule has 0 bridgehead atoms. The molecule has 2 saturated heterocycles. The number of nitrogens with one attached hydrogen (secondary N) is 1. The van der Waals surface area contributed by atoms with Gasteiger partial charge < -0.3 is 14.4 Å². The molecule has 10 nitrogen and oxygen atoms in total. The summed E-state index contributed by atoms with van der Waals surface area (Å²) in [4.78, 5) is 51.5. The van der Waals surface area contributed by atoms with Crippen molar-refractivity contribution in [3.8, 4) is 0 Å². The SMILES string of the molecule is Cn1c(=O)n(C2CCC(=O)NC2=O)c2cccc(CC3CC(OC4CCN(C(=O)OCc5ccccc5)CC4)C3)c21. The largest absolute Gasteiger partial charge is 0.445 e. The first-order chi connectivity index (χ1) is 19.9. The lowest BCUT2D eigenvalue weighted by molar-refractivity contribution is -0.135. The maximum absolute atomic E-state index is 13.2. The molecule has 3 fully saturated rings. The number of hydrogen-bond acceptors (Lipinski definition) is 6. The number of aryl methyl sites for hydroxylation is 1. The average molecular weight is 561 g/mol. The molecule has 1 aliphatic carbocycles. The second-order valence-electron chi connectivity index (χ2n) is 11.5. The van der Waals surface area contributed by atoms with Crippen LogP contribution >= 0.6 is 0 Å². The van der Waals surface area contributed by atoms with E-state index in [1.807, 2.05) is 42.5 Å². The molecular weight excluding hydrogens is 524 g/mol. The Morgan fingerprint density at radius 2 is 1.71 bits per heavy atom. The molecule has 1 unspecified atom stereocenters. The maximum atomic E-state index is 13.2.